The van der Waals surface area contributed by atoms with Gasteiger partial charge in [-0.25, -0.2) is 0 Å². The van der Waals surface area contributed by atoms with E-state index in [4.69, 9.17) is 5.73 Å². The molecule has 104 valence electrons. The molecule has 1 aliphatic carbocycles. The van der Waals surface area contributed by atoms with Gasteiger partial charge in [0.15, 0.2) is 5.17 Å². The number of hydrogen-bond donors (Lipinski definition) is 1. The molecule has 0 bridgehead atoms. The fourth-order valence-corrected chi connectivity index (χ4v) is 3.14. The van der Waals surface area contributed by atoms with Crippen LogP contribution in [0.5, 0.6) is 0 Å². The van der Waals surface area contributed by atoms with E-state index in [9.17, 15) is 0 Å². The summed E-state index contributed by atoms with van der Waals surface area (Å²) in [5.74, 6) is 1.51. The maximum Gasteiger partial charge on any atom is 0.154 e. The summed E-state index contributed by atoms with van der Waals surface area (Å²) in [6.45, 7) is 4.44. The number of benzene rings is 1. The standard InChI is InChI=1S/C16H24N2S/c1-12(2)14-9-7-13(8-10-14)11-19-16(17)18-15-5-3-4-6-15/h7-10,12,15H,3-6,11H2,1-2H3,(H2,17,18). The van der Waals surface area contributed by atoms with Crippen LogP contribution in [0.2, 0.25) is 0 Å². The van der Waals surface area contributed by atoms with Gasteiger partial charge in [0, 0.05) is 5.75 Å². The van der Waals surface area contributed by atoms with Gasteiger partial charge < -0.3 is 5.73 Å². The number of hydrogen-bond acceptors (Lipinski definition) is 2. The molecule has 1 aromatic rings. The van der Waals surface area contributed by atoms with Crippen molar-refractivity contribution in [3.63, 3.8) is 0 Å². The van der Waals surface area contributed by atoms with Gasteiger partial charge in [-0.1, -0.05) is 62.7 Å². The summed E-state index contributed by atoms with van der Waals surface area (Å²) in [7, 11) is 0. The zero-order valence-electron chi connectivity index (χ0n) is 11.9. The summed E-state index contributed by atoms with van der Waals surface area (Å²) in [6.07, 6.45) is 5.04. The van der Waals surface area contributed by atoms with Crippen LogP contribution in [0, 0.1) is 0 Å². The molecule has 1 aromatic carbocycles. The molecule has 3 heteroatoms. The Morgan fingerprint density at radius 3 is 2.47 bits per heavy atom. The predicted octanol–water partition coefficient (Wildman–Crippen LogP) is 4.30. The SMILES string of the molecule is CC(C)c1ccc(CSC(N)=NC2CCCC2)cc1. The van der Waals surface area contributed by atoms with Crippen molar-refractivity contribution in [1.82, 2.24) is 0 Å². The molecule has 0 aromatic heterocycles. The molecule has 1 fully saturated rings. The van der Waals surface area contributed by atoms with Crippen molar-refractivity contribution in [3.05, 3.63) is 35.4 Å². The molecule has 0 aliphatic heterocycles. The van der Waals surface area contributed by atoms with Crippen molar-refractivity contribution < 1.29 is 0 Å². The first-order valence-electron chi connectivity index (χ1n) is 7.20. The van der Waals surface area contributed by atoms with Crippen LogP contribution in [-0.4, -0.2) is 11.2 Å². The third kappa shape index (κ3) is 4.57. The van der Waals surface area contributed by atoms with Crippen molar-refractivity contribution >= 4 is 16.9 Å². The van der Waals surface area contributed by atoms with Crippen molar-refractivity contribution in [2.75, 3.05) is 0 Å². The minimum absolute atomic E-state index is 0.482. The van der Waals surface area contributed by atoms with Gasteiger partial charge in [-0.15, -0.1) is 0 Å². The summed E-state index contributed by atoms with van der Waals surface area (Å²) in [6, 6.07) is 9.31. The molecule has 1 saturated carbocycles. The van der Waals surface area contributed by atoms with Gasteiger partial charge in [0.2, 0.25) is 0 Å². The minimum atomic E-state index is 0.482. The van der Waals surface area contributed by atoms with Gasteiger partial charge in [0.25, 0.3) is 0 Å². The summed E-state index contributed by atoms with van der Waals surface area (Å²) in [4.78, 5) is 4.59. The highest BCUT2D eigenvalue weighted by molar-refractivity contribution is 8.13. The molecule has 2 N–H and O–H groups in total. The van der Waals surface area contributed by atoms with Crippen LogP contribution in [0.3, 0.4) is 0 Å². The fraction of sp³-hybridized carbons (Fsp3) is 0.562. The zero-order valence-corrected chi connectivity index (χ0v) is 12.7. The highest BCUT2D eigenvalue weighted by atomic mass is 32.2. The highest BCUT2D eigenvalue weighted by Crippen LogP contribution is 2.23. The Morgan fingerprint density at radius 1 is 1.26 bits per heavy atom. The molecule has 1 aliphatic rings. The van der Waals surface area contributed by atoms with E-state index in [2.05, 4.69) is 43.1 Å². The first kappa shape index (κ1) is 14.4. The quantitative estimate of drug-likeness (QED) is 0.657. The summed E-state index contributed by atoms with van der Waals surface area (Å²) in [5.41, 5.74) is 8.70. The monoisotopic (exact) mass is 276 g/mol. The van der Waals surface area contributed by atoms with E-state index in [-0.39, 0.29) is 0 Å². The first-order chi connectivity index (χ1) is 9.15. The Morgan fingerprint density at radius 2 is 1.89 bits per heavy atom. The molecule has 0 unspecified atom stereocenters. The third-order valence-electron chi connectivity index (χ3n) is 3.67. The minimum Gasteiger partial charge on any atom is -0.379 e. The normalized spacial score (nSPS) is 17.3. The lowest BCUT2D eigenvalue weighted by Gasteiger charge is -2.08. The van der Waals surface area contributed by atoms with Crippen LogP contribution in [0.15, 0.2) is 29.3 Å². The topological polar surface area (TPSA) is 38.4 Å². The van der Waals surface area contributed by atoms with Crippen molar-refractivity contribution in [1.29, 1.82) is 0 Å². The second-order valence-electron chi connectivity index (χ2n) is 5.59. The van der Waals surface area contributed by atoms with E-state index in [1.165, 1.54) is 36.8 Å². The van der Waals surface area contributed by atoms with Crippen LogP contribution < -0.4 is 5.73 Å². The van der Waals surface area contributed by atoms with Crippen LogP contribution in [-0.2, 0) is 5.75 Å². The molecular formula is C16H24N2S. The summed E-state index contributed by atoms with van der Waals surface area (Å²) < 4.78 is 0. The van der Waals surface area contributed by atoms with Crippen molar-refractivity contribution in [2.24, 2.45) is 10.7 Å². The number of amidine groups is 1. The third-order valence-corrected chi connectivity index (χ3v) is 4.55. The molecule has 0 spiro atoms. The molecule has 0 amide bonds. The van der Waals surface area contributed by atoms with E-state index in [0.29, 0.717) is 12.0 Å². The molecule has 0 atom stereocenters. The van der Waals surface area contributed by atoms with E-state index >= 15 is 0 Å². The lowest BCUT2D eigenvalue weighted by Crippen LogP contribution is -2.11. The van der Waals surface area contributed by atoms with E-state index in [1.54, 1.807) is 11.8 Å². The van der Waals surface area contributed by atoms with Crippen molar-refractivity contribution in [2.45, 2.75) is 57.2 Å². The smallest absolute Gasteiger partial charge is 0.154 e. The van der Waals surface area contributed by atoms with Crippen LogP contribution in [0.4, 0.5) is 0 Å². The highest BCUT2D eigenvalue weighted by Gasteiger charge is 2.13. The largest absolute Gasteiger partial charge is 0.379 e. The summed E-state index contributed by atoms with van der Waals surface area (Å²) >= 11 is 1.66. The summed E-state index contributed by atoms with van der Waals surface area (Å²) in [5, 5.41) is 0.750. The maximum atomic E-state index is 5.99. The van der Waals surface area contributed by atoms with E-state index in [1.807, 2.05) is 0 Å². The van der Waals surface area contributed by atoms with E-state index in [0.717, 1.165) is 10.9 Å². The Balaban J connectivity index is 1.84. The number of nitrogens with two attached hydrogens (primary N) is 1. The number of rotatable bonds is 4. The Hall–Kier alpha value is -0.960. The maximum absolute atomic E-state index is 5.99. The number of nitrogens with zero attached hydrogens (tertiary/aromatic N) is 1. The lowest BCUT2D eigenvalue weighted by molar-refractivity contribution is 0.708. The van der Waals surface area contributed by atoms with Gasteiger partial charge in [-0.2, -0.15) is 0 Å². The van der Waals surface area contributed by atoms with Crippen LogP contribution in [0.1, 0.15) is 56.6 Å². The van der Waals surface area contributed by atoms with Gasteiger partial charge in [0.05, 0.1) is 6.04 Å². The van der Waals surface area contributed by atoms with Gasteiger partial charge in [-0.3, -0.25) is 4.99 Å². The second kappa shape index (κ2) is 6.99. The van der Waals surface area contributed by atoms with Gasteiger partial charge in [-0.05, 0) is 29.9 Å². The molecule has 0 radical (unpaired) electrons. The Labute approximate surface area is 120 Å². The average Bonchev–Trinajstić information content (AvgIpc) is 2.89. The molecular weight excluding hydrogens is 252 g/mol. The second-order valence-corrected chi connectivity index (χ2v) is 6.59. The molecule has 0 saturated heterocycles. The van der Waals surface area contributed by atoms with Gasteiger partial charge in [0.1, 0.15) is 0 Å². The number of thioether (sulfide) groups is 1. The van der Waals surface area contributed by atoms with Crippen LogP contribution in [0.25, 0.3) is 0 Å². The predicted molar refractivity (Wildman–Crippen MR) is 85.7 cm³/mol. The zero-order chi connectivity index (χ0) is 13.7. The molecule has 19 heavy (non-hydrogen) atoms. The lowest BCUT2D eigenvalue weighted by atomic mass is 10.0. The molecule has 2 nitrogen and oxygen atoms in total. The first-order valence-corrected chi connectivity index (χ1v) is 8.18. The number of aliphatic imine (C=N–C) groups is 1. The van der Waals surface area contributed by atoms with Crippen LogP contribution >= 0.6 is 11.8 Å². The van der Waals surface area contributed by atoms with Gasteiger partial charge >= 0.3 is 0 Å². The average molecular weight is 276 g/mol. The molecule has 0 heterocycles. The molecule has 2 rings (SSSR count). The fourth-order valence-electron chi connectivity index (χ4n) is 2.41. The Kier molecular flexibility index (Phi) is 5.32. The van der Waals surface area contributed by atoms with E-state index < -0.39 is 0 Å². The van der Waals surface area contributed by atoms with Crippen molar-refractivity contribution in [3.8, 4) is 0 Å². The Bertz CT molecular complexity index is 417.